The Kier molecular flexibility index (Phi) is 4.35. The lowest BCUT2D eigenvalue weighted by Crippen LogP contribution is -2.48. The maximum absolute atomic E-state index is 12.7. The molecule has 1 amide bonds. The van der Waals surface area contributed by atoms with E-state index in [4.69, 9.17) is 5.11 Å². The second kappa shape index (κ2) is 5.88. The van der Waals surface area contributed by atoms with E-state index < -0.39 is 11.5 Å². The first kappa shape index (κ1) is 15.5. The van der Waals surface area contributed by atoms with Crippen LogP contribution in [0.15, 0.2) is 18.2 Å². The number of carboxylic acid groups (broad SMARTS) is 1. The smallest absolute Gasteiger partial charge is 0.323 e. The van der Waals surface area contributed by atoms with Crippen LogP contribution in [0.4, 0.5) is 0 Å². The molecule has 0 spiro atoms. The monoisotopic (exact) mass is 289 g/mol. The summed E-state index contributed by atoms with van der Waals surface area (Å²) in [5.74, 6) is -1.20. The SMILES string of the molecule is CC(C)(C)N(CC(=O)O)C(=O)c1ccc2c(c1)CCCC2. The van der Waals surface area contributed by atoms with Gasteiger partial charge in [-0.05, 0) is 69.7 Å². The first-order chi connectivity index (χ1) is 9.79. The number of hydrogen-bond acceptors (Lipinski definition) is 2. The maximum Gasteiger partial charge on any atom is 0.323 e. The molecule has 0 aliphatic heterocycles. The van der Waals surface area contributed by atoms with Crippen molar-refractivity contribution in [2.75, 3.05) is 6.54 Å². The average molecular weight is 289 g/mol. The van der Waals surface area contributed by atoms with Gasteiger partial charge < -0.3 is 10.0 Å². The third-order valence-corrected chi connectivity index (χ3v) is 3.94. The summed E-state index contributed by atoms with van der Waals surface area (Å²) in [6, 6.07) is 5.79. The zero-order valence-electron chi connectivity index (χ0n) is 13.0. The van der Waals surface area contributed by atoms with Crippen molar-refractivity contribution in [2.24, 2.45) is 0 Å². The number of carbonyl (C=O) groups is 2. The highest BCUT2D eigenvalue weighted by Gasteiger charge is 2.29. The Labute approximate surface area is 125 Å². The Morgan fingerprint density at radius 2 is 1.76 bits per heavy atom. The number of fused-ring (bicyclic) bond motifs is 1. The van der Waals surface area contributed by atoms with Gasteiger partial charge in [0.25, 0.3) is 5.91 Å². The molecule has 0 fully saturated rings. The van der Waals surface area contributed by atoms with Crippen LogP contribution < -0.4 is 0 Å². The standard InChI is InChI=1S/C17H23NO3/c1-17(2,3)18(11-15(19)20)16(21)14-9-8-12-6-4-5-7-13(12)10-14/h8-10H,4-7,11H2,1-3H3,(H,19,20). The van der Waals surface area contributed by atoms with Crippen molar-refractivity contribution in [2.45, 2.75) is 52.0 Å². The first-order valence-corrected chi connectivity index (χ1v) is 7.44. The van der Waals surface area contributed by atoms with Crippen LogP contribution in [-0.4, -0.2) is 34.0 Å². The van der Waals surface area contributed by atoms with Crippen molar-refractivity contribution in [3.8, 4) is 0 Å². The normalized spacial score (nSPS) is 14.4. The Bertz CT molecular complexity index is 558. The first-order valence-electron chi connectivity index (χ1n) is 7.44. The fraction of sp³-hybridized carbons (Fsp3) is 0.529. The Balaban J connectivity index is 2.30. The molecular weight excluding hydrogens is 266 g/mol. The van der Waals surface area contributed by atoms with E-state index in [9.17, 15) is 9.59 Å². The lowest BCUT2D eigenvalue weighted by atomic mass is 9.90. The highest BCUT2D eigenvalue weighted by atomic mass is 16.4. The number of carbonyl (C=O) groups excluding carboxylic acids is 1. The molecule has 4 heteroatoms. The second-order valence-electron chi connectivity index (χ2n) is 6.65. The van der Waals surface area contributed by atoms with E-state index in [-0.39, 0.29) is 12.5 Å². The Morgan fingerprint density at radius 3 is 2.33 bits per heavy atom. The molecule has 0 aromatic heterocycles. The summed E-state index contributed by atoms with van der Waals surface area (Å²) >= 11 is 0. The fourth-order valence-corrected chi connectivity index (χ4v) is 2.77. The minimum absolute atomic E-state index is 0.210. The second-order valence-corrected chi connectivity index (χ2v) is 6.65. The number of nitrogens with zero attached hydrogens (tertiary/aromatic N) is 1. The molecule has 0 saturated carbocycles. The zero-order valence-corrected chi connectivity index (χ0v) is 13.0. The summed E-state index contributed by atoms with van der Waals surface area (Å²) < 4.78 is 0. The highest BCUT2D eigenvalue weighted by molar-refractivity contribution is 5.96. The van der Waals surface area contributed by atoms with Gasteiger partial charge in [0.1, 0.15) is 6.54 Å². The summed E-state index contributed by atoms with van der Waals surface area (Å²) in [5, 5.41) is 9.04. The van der Waals surface area contributed by atoms with Gasteiger partial charge in [0.15, 0.2) is 0 Å². The summed E-state index contributed by atoms with van der Waals surface area (Å²) in [7, 11) is 0. The Hall–Kier alpha value is -1.84. The van der Waals surface area contributed by atoms with Crippen molar-refractivity contribution in [3.05, 3.63) is 34.9 Å². The van der Waals surface area contributed by atoms with Gasteiger partial charge in [-0.15, -0.1) is 0 Å². The van der Waals surface area contributed by atoms with Gasteiger partial charge in [-0.25, -0.2) is 0 Å². The van der Waals surface area contributed by atoms with Crippen LogP contribution in [0.25, 0.3) is 0 Å². The van der Waals surface area contributed by atoms with E-state index in [0.717, 1.165) is 19.3 Å². The molecule has 0 unspecified atom stereocenters. The number of carboxylic acids is 1. The molecule has 4 nitrogen and oxygen atoms in total. The zero-order chi connectivity index (χ0) is 15.6. The predicted molar refractivity (Wildman–Crippen MR) is 81.5 cm³/mol. The summed E-state index contributed by atoms with van der Waals surface area (Å²) in [6.07, 6.45) is 4.43. The van der Waals surface area contributed by atoms with Crippen LogP contribution >= 0.6 is 0 Å². The average Bonchev–Trinajstić information content (AvgIpc) is 2.42. The molecule has 1 N–H and O–H groups in total. The van der Waals surface area contributed by atoms with E-state index in [1.807, 2.05) is 39.0 Å². The van der Waals surface area contributed by atoms with Crippen molar-refractivity contribution in [1.82, 2.24) is 4.90 Å². The van der Waals surface area contributed by atoms with Crippen molar-refractivity contribution in [3.63, 3.8) is 0 Å². The molecule has 114 valence electrons. The van der Waals surface area contributed by atoms with Crippen LogP contribution in [0.5, 0.6) is 0 Å². The van der Waals surface area contributed by atoms with Crippen LogP contribution in [0.2, 0.25) is 0 Å². The number of benzene rings is 1. The van der Waals surface area contributed by atoms with Gasteiger partial charge in [-0.3, -0.25) is 9.59 Å². The molecule has 21 heavy (non-hydrogen) atoms. The quantitative estimate of drug-likeness (QED) is 0.931. The number of aliphatic carboxylic acids is 1. The molecule has 0 heterocycles. The van der Waals surface area contributed by atoms with Gasteiger partial charge in [-0.1, -0.05) is 6.07 Å². The molecular formula is C17H23NO3. The minimum Gasteiger partial charge on any atom is -0.480 e. The number of hydrogen-bond donors (Lipinski definition) is 1. The van der Waals surface area contributed by atoms with Gasteiger partial charge in [0.2, 0.25) is 0 Å². The maximum atomic E-state index is 12.7. The van der Waals surface area contributed by atoms with E-state index in [2.05, 4.69) is 0 Å². The summed E-state index contributed by atoms with van der Waals surface area (Å²) in [5.41, 5.74) is 2.62. The number of amides is 1. The lowest BCUT2D eigenvalue weighted by Gasteiger charge is -2.34. The topological polar surface area (TPSA) is 57.6 Å². The van der Waals surface area contributed by atoms with Crippen LogP contribution in [-0.2, 0) is 17.6 Å². The molecule has 0 saturated heterocycles. The lowest BCUT2D eigenvalue weighted by molar-refractivity contribution is -0.138. The molecule has 0 atom stereocenters. The van der Waals surface area contributed by atoms with E-state index in [1.54, 1.807) is 0 Å². The number of rotatable bonds is 3. The highest BCUT2D eigenvalue weighted by Crippen LogP contribution is 2.24. The molecule has 0 bridgehead atoms. The van der Waals surface area contributed by atoms with E-state index >= 15 is 0 Å². The molecule has 1 aromatic carbocycles. The third-order valence-electron chi connectivity index (χ3n) is 3.94. The molecule has 1 aromatic rings. The molecule has 1 aliphatic carbocycles. The fourth-order valence-electron chi connectivity index (χ4n) is 2.77. The largest absolute Gasteiger partial charge is 0.480 e. The third kappa shape index (κ3) is 3.63. The van der Waals surface area contributed by atoms with Crippen LogP contribution in [0.1, 0.15) is 55.1 Å². The van der Waals surface area contributed by atoms with Crippen molar-refractivity contribution >= 4 is 11.9 Å². The van der Waals surface area contributed by atoms with Gasteiger partial charge in [-0.2, -0.15) is 0 Å². The summed E-state index contributed by atoms with van der Waals surface area (Å²) in [6.45, 7) is 5.28. The van der Waals surface area contributed by atoms with E-state index in [1.165, 1.54) is 22.4 Å². The van der Waals surface area contributed by atoms with Crippen molar-refractivity contribution in [1.29, 1.82) is 0 Å². The van der Waals surface area contributed by atoms with Gasteiger partial charge in [0, 0.05) is 11.1 Å². The minimum atomic E-state index is -0.990. The predicted octanol–water partition coefficient (Wildman–Crippen LogP) is 2.89. The summed E-state index contributed by atoms with van der Waals surface area (Å²) in [4.78, 5) is 25.1. The number of aryl methyl sites for hydroxylation is 2. The molecule has 1 aliphatic rings. The molecule has 0 radical (unpaired) electrons. The Morgan fingerprint density at radius 1 is 1.14 bits per heavy atom. The van der Waals surface area contributed by atoms with Crippen LogP contribution in [0, 0.1) is 0 Å². The van der Waals surface area contributed by atoms with Crippen molar-refractivity contribution < 1.29 is 14.7 Å². The molecule has 2 rings (SSSR count). The van der Waals surface area contributed by atoms with E-state index in [0.29, 0.717) is 5.56 Å². The van der Waals surface area contributed by atoms with Crippen LogP contribution in [0.3, 0.4) is 0 Å². The van der Waals surface area contributed by atoms with Gasteiger partial charge in [0.05, 0.1) is 0 Å². The van der Waals surface area contributed by atoms with Gasteiger partial charge >= 0.3 is 5.97 Å².